The minimum atomic E-state index is -0.859. The number of rotatable bonds is 8. The van der Waals surface area contributed by atoms with Crippen LogP contribution < -0.4 is 19.5 Å². The second-order valence-corrected chi connectivity index (χ2v) is 8.37. The van der Waals surface area contributed by atoms with Gasteiger partial charge in [0, 0.05) is 5.75 Å². The number of aliphatic carboxylic acids is 1. The molecular weight excluding hydrogens is 414 g/mol. The highest BCUT2D eigenvalue weighted by Gasteiger charge is 2.31. The third-order valence-corrected chi connectivity index (χ3v) is 5.98. The van der Waals surface area contributed by atoms with Gasteiger partial charge in [0.15, 0.2) is 11.5 Å². The number of nitrogens with one attached hydrogen (secondary N) is 1. The van der Waals surface area contributed by atoms with E-state index >= 15 is 0 Å². The highest BCUT2D eigenvalue weighted by Crippen LogP contribution is 2.41. The van der Waals surface area contributed by atoms with Gasteiger partial charge in [-0.3, -0.25) is 10.1 Å². The minimum absolute atomic E-state index is 0.163. The zero-order valence-electron chi connectivity index (χ0n) is 16.5. The van der Waals surface area contributed by atoms with E-state index < -0.39 is 12.0 Å². The molecule has 0 amide bonds. The van der Waals surface area contributed by atoms with E-state index in [4.69, 9.17) is 30.9 Å². The number of aryl methyl sites for hydroxylation is 2. The van der Waals surface area contributed by atoms with Gasteiger partial charge < -0.3 is 19.3 Å². The summed E-state index contributed by atoms with van der Waals surface area (Å²) in [7, 11) is 1.55. The molecule has 2 atom stereocenters. The minimum Gasteiger partial charge on any atom is -0.493 e. The van der Waals surface area contributed by atoms with Gasteiger partial charge in [0.05, 0.1) is 17.5 Å². The van der Waals surface area contributed by atoms with Gasteiger partial charge in [-0.05, 0) is 54.8 Å². The standard InChI is InChI=1S/C21H24ClNO5S/c1-12-6-13(2)8-15(7-12)27-4-5-28-19-16(22)9-14(10-18(19)26-3)20-23-17(11-29-20)21(24)25/h6-10,17,20,23H,4-5,11H2,1-3H3,(H,24,25). The average molecular weight is 438 g/mol. The third kappa shape index (κ3) is 5.50. The molecule has 3 rings (SSSR count). The maximum Gasteiger partial charge on any atom is 0.321 e. The van der Waals surface area contributed by atoms with Crippen LogP contribution in [0.15, 0.2) is 30.3 Å². The van der Waals surface area contributed by atoms with E-state index in [1.165, 1.54) is 11.8 Å². The number of carbonyl (C=O) groups is 1. The van der Waals surface area contributed by atoms with E-state index in [-0.39, 0.29) is 5.37 Å². The van der Waals surface area contributed by atoms with Crippen LogP contribution in [0.5, 0.6) is 17.2 Å². The number of ether oxygens (including phenoxy) is 3. The van der Waals surface area contributed by atoms with Crippen molar-refractivity contribution in [3.63, 3.8) is 0 Å². The Labute approximate surface area is 179 Å². The van der Waals surface area contributed by atoms with Crippen LogP contribution in [0.25, 0.3) is 0 Å². The summed E-state index contributed by atoms with van der Waals surface area (Å²) in [5.74, 6) is 1.38. The van der Waals surface area contributed by atoms with E-state index in [0.717, 1.165) is 22.4 Å². The maximum atomic E-state index is 11.2. The molecule has 29 heavy (non-hydrogen) atoms. The molecule has 8 heteroatoms. The Kier molecular flexibility index (Phi) is 7.16. The van der Waals surface area contributed by atoms with Crippen LogP contribution in [-0.2, 0) is 4.79 Å². The summed E-state index contributed by atoms with van der Waals surface area (Å²) in [6, 6.07) is 9.07. The molecule has 1 saturated heterocycles. The first-order valence-corrected chi connectivity index (χ1v) is 10.6. The normalized spacial score (nSPS) is 18.5. The van der Waals surface area contributed by atoms with E-state index in [1.807, 2.05) is 32.0 Å². The van der Waals surface area contributed by atoms with Gasteiger partial charge in [0.2, 0.25) is 0 Å². The van der Waals surface area contributed by atoms with Crippen molar-refractivity contribution in [2.75, 3.05) is 26.1 Å². The highest BCUT2D eigenvalue weighted by atomic mass is 35.5. The number of thioether (sulfide) groups is 1. The molecule has 0 bridgehead atoms. The zero-order valence-corrected chi connectivity index (χ0v) is 18.1. The van der Waals surface area contributed by atoms with Gasteiger partial charge in [-0.1, -0.05) is 17.7 Å². The third-order valence-electron chi connectivity index (χ3n) is 4.43. The van der Waals surface area contributed by atoms with E-state index in [0.29, 0.717) is 35.5 Å². The summed E-state index contributed by atoms with van der Waals surface area (Å²) in [5.41, 5.74) is 3.13. The molecule has 0 aromatic heterocycles. The first-order chi connectivity index (χ1) is 13.9. The lowest BCUT2D eigenvalue weighted by Crippen LogP contribution is -2.33. The van der Waals surface area contributed by atoms with Crippen molar-refractivity contribution < 1.29 is 24.1 Å². The molecule has 1 fully saturated rings. The van der Waals surface area contributed by atoms with Crippen molar-refractivity contribution in [2.24, 2.45) is 0 Å². The predicted molar refractivity (Wildman–Crippen MR) is 115 cm³/mol. The molecule has 1 aliphatic heterocycles. The van der Waals surface area contributed by atoms with Crippen LogP contribution in [0.3, 0.4) is 0 Å². The lowest BCUT2D eigenvalue weighted by Gasteiger charge is -2.17. The van der Waals surface area contributed by atoms with Crippen molar-refractivity contribution in [3.05, 3.63) is 52.0 Å². The molecular formula is C21H24ClNO5S. The van der Waals surface area contributed by atoms with Crippen molar-refractivity contribution in [1.82, 2.24) is 5.32 Å². The summed E-state index contributed by atoms with van der Waals surface area (Å²) in [6.45, 7) is 4.72. The first kappa shape index (κ1) is 21.6. The SMILES string of the molecule is COc1cc(C2NC(C(=O)O)CS2)cc(Cl)c1OCCOc1cc(C)cc(C)c1. The van der Waals surface area contributed by atoms with Crippen LogP contribution in [0.1, 0.15) is 22.1 Å². The molecule has 2 aromatic rings. The van der Waals surface area contributed by atoms with Crippen LogP contribution in [0, 0.1) is 13.8 Å². The molecule has 2 unspecified atom stereocenters. The smallest absolute Gasteiger partial charge is 0.321 e. The molecule has 1 aliphatic rings. The number of methoxy groups -OCH3 is 1. The van der Waals surface area contributed by atoms with Crippen LogP contribution in [0.4, 0.5) is 0 Å². The molecule has 156 valence electrons. The fraction of sp³-hybridized carbons (Fsp3) is 0.381. The molecule has 2 aromatic carbocycles. The van der Waals surface area contributed by atoms with Crippen molar-refractivity contribution in [3.8, 4) is 17.2 Å². The first-order valence-electron chi connectivity index (χ1n) is 9.19. The Balaban J connectivity index is 1.63. The molecule has 1 heterocycles. The van der Waals surface area contributed by atoms with Crippen molar-refractivity contribution in [2.45, 2.75) is 25.3 Å². The molecule has 2 N–H and O–H groups in total. The molecule has 0 radical (unpaired) electrons. The Morgan fingerprint density at radius 1 is 1.17 bits per heavy atom. The Morgan fingerprint density at radius 3 is 2.48 bits per heavy atom. The topological polar surface area (TPSA) is 77.0 Å². The average Bonchev–Trinajstić information content (AvgIpc) is 3.15. The van der Waals surface area contributed by atoms with Gasteiger partial charge in [0.1, 0.15) is 25.0 Å². The summed E-state index contributed by atoms with van der Waals surface area (Å²) < 4.78 is 17.0. The molecule has 0 spiro atoms. The van der Waals surface area contributed by atoms with E-state index in [1.54, 1.807) is 13.2 Å². The molecule has 0 aliphatic carbocycles. The maximum absolute atomic E-state index is 11.2. The van der Waals surface area contributed by atoms with Crippen LogP contribution >= 0.6 is 23.4 Å². The highest BCUT2D eigenvalue weighted by molar-refractivity contribution is 7.99. The Hall–Kier alpha value is -2.09. The quantitative estimate of drug-likeness (QED) is 0.599. The van der Waals surface area contributed by atoms with Gasteiger partial charge in [-0.2, -0.15) is 0 Å². The van der Waals surface area contributed by atoms with E-state index in [2.05, 4.69) is 11.4 Å². The summed E-state index contributed by atoms with van der Waals surface area (Å²) in [6.07, 6.45) is 0. The summed E-state index contributed by atoms with van der Waals surface area (Å²) in [5, 5.41) is 12.5. The second kappa shape index (κ2) is 9.61. The van der Waals surface area contributed by atoms with Gasteiger partial charge in [0.25, 0.3) is 0 Å². The number of benzene rings is 2. The molecule has 0 saturated carbocycles. The fourth-order valence-corrected chi connectivity index (χ4v) is 4.64. The monoisotopic (exact) mass is 437 g/mol. The largest absolute Gasteiger partial charge is 0.493 e. The zero-order chi connectivity index (χ0) is 21.0. The van der Waals surface area contributed by atoms with Gasteiger partial charge >= 0.3 is 5.97 Å². The lowest BCUT2D eigenvalue weighted by molar-refractivity contribution is -0.138. The number of carboxylic acid groups (broad SMARTS) is 1. The lowest BCUT2D eigenvalue weighted by atomic mass is 10.1. The van der Waals surface area contributed by atoms with Gasteiger partial charge in [-0.15, -0.1) is 11.8 Å². The predicted octanol–water partition coefficient (Wildman–Crippen LogP) is 4.21. The summed E-state index contributed by atoms with van der Waals surface area (Å²) >= 11 is 7.95. The number of hydrogen-bond donors (Lipinski definition) is 2. The Morgan fingerprint density at radius 2 is 1.86 bits per heavy atom. The molecule has 6 nitrogen and oxygen atoms in total. The van der Waals surface area contributed by atoms with Crippen molar-refractivity contribution in [1.29, 1.82) is 0 Å². The summed E-state index contributed by atoms with van der Waals surface area (Å²) in [4.78, 5) is 11.2. The second-order valence-electron chi connectivity index (χ2n) is 6.83. The van der Waals surface area contributed by atoms with Crippen LogP contribution in [0.2, 0.25) is 5.02 Å². The van der Waals surface area contributed by atoms with E-state index in [9.17, 15) is 4.79 Å². The number of hydrogen-bond acceptors (Lipinski definition) is 6. The van der Waals surface area contributed by atoms with Gasteiger partial charge in [-0.25, -0.2) is 0 Å². The number of halogens is 1. The number of carboxylic acids is 1. The van der Waals surface area contributed by atoms with Crippen molar-refractivity contribution >= 4 is 29.3 Å². The van der Waals surface area contributed by atoms with Crippen LogP contribution in [-0.4, -0.2) is 43.2 Å². The fourth-order valence-electron chi connectivity index (χ4n) is 3.16. The Bertz CT molecular complexity index is 871.